The highest BCUT2D eigenvalue weighted by molar-refractivity contribution is 5.67. The topological polar surface area (TPSA) is 77.2 Å². The lowest BCUT2D eigenvalue weighted by Crippen LogP contribution is -2.24. The van der Waals surface area contributed by atoms with Crippen LogP contribution in [0.5, 0.6) is 0 Å². The van der Waals surface area contributed by atoms with E-state index in [1.54, 1.807) is 6.07 Å². The summed E-state index contributed by atoms with van der Waals surface area (Å²) >= 11 is 0. The highest BCUT2D eigenvalue weighted by Gasteiger charge is 2.01. The van der Waals surface area contributed by atoms with E-state index in [9.17, 15) is 4.79 Å². The summed E-state index contributed by atoms with van der Waals surface area (Å²) in [5.74, 6) is 0.516. The highest BCUT2D eigenvalue weighted by Crippen LogP contribution is 2.10. The first-order chi connectivity index (χ1) is 11.1. The van der Waals surface area contributed by atoms with Crippen molar-refractivity contribution in [3.8, 4) is 0 Å². The molecule has 3 N–H and O–H groups in total. The maximum Gasteiger partial charge on any atom is 0.407 e. The molecule has 0 bridgehead atoms. The molecule has 23 heavy (non-hydrogen) atoms. The van der Waals surface area contributed by atoms with Crippen molar-refractivity contribution in [3.63, 3.8) is 0 Å². The zero-order chi connectivity index (χ0) is 16.5. The van der Waals surface area contributed by atoms with Gasteiger partial charge in [0.05, 0.1) is 0 Å². The number of hydrogen-bond donors (Lipinski definition) is 2. The van der Waals surface area contributed by atoms with Gasteiger partial charge in [-0.25, -0.2) is 9.78 Å². The summed E-state index contributed by atoms with van der Waals surface area (Å²) in [5, 5.41) is 2.71. The molecular weight excluding hydrogens is 290 g/mol. The Morgan fingerprint density at radius 1 is 1.26 bits per heavy atom. The average molecular weight is 311 g/mol. The molecule has 2 aromatic rings. The second kappa shape index (κ2) is 8.58. The summed E-state index contributed by atoms with van der Waals surface area (Å²) in [7, 11) is 0. The van der Waals surface area contributed by atoms with Crippen molar-refractivity contribution < 1.29 is 9.53 Å². The lowest BCUT2D eigenvalue weighted by atomic mass is 10.2. The quantitative estimate of drug-likeness (QED) is 0.802. The van der Waals surface area contributed by atoms with Gasteiger partial charge in [-0.15, -0.1) is 0 Å². The van der Waals surface area contributed by atoms with E-state index in [1.165, 1.54) is 0 Å². The number of nitrogen functional groups attached to an aromatic ring is 1. The van der Waals surface area contributed by atoms with Crippen molar-refractivity contribution in [3.05, 3.63) is 65.4 Å². The Morgan fingerprint density at radius 3 is 2.78 bits per heavy atom. The normalized spacial score (nSPS) is 10.7. The Labute approximate surface area is 136 Å². The van der Waals surface area contributed by atoms with Gasteiger partial charge in [0, 0.05) is 12.2 Å². The highest BCUT2D eigenvalue weighted by atomic mass is 16.5. The molecule has 0 aliphatic rings. The van der Waals surface area contributed by atoms with Crippen molar-refractivity contribution in [1.29, 1.82) is 0 Å². The molecule has 0 radical (unpaired) electrons. The van der Waals surface area contributed by atoms with Gasteiger partial charge in [-0.05, 0) is 36.6 Å². The fourth-order valence-electron chi connectivity index (χ4n) is 2.01. The summed E-state index contributed by atoms with van der Waals surface area (Å²) in [6.07, 6.45) is 4.26. The number of nitrogens with two attached hydrogens (primary N) is 1. The number of hydrogen-bond acceptors (Lipinski definition) is 4. The largest absolute Gasteiger partial charge is 0.445 e. The first-order valence-corrected chi connectivity index (χ1v) is 7.49. The second-order valence-electron chi connectivity index (χ2n) is 5.09. The molecular formula is C18H21N3O2. The Kier molecular flexibility index (Phi) is 6.17. The molecule has 0 atom stereocenters. The number of aryl methyl sites for hydroxylation is 1. The Balaban J connectivity index is 1.66. The number of nitrogens with zero attached hydrogens (tertiary/aromatic N) is 1. The van der Waals surface area contributed by atoms with Gasteiger partial charge in [0.1, 0.15) is 12.4 Å². The summed E-state index contributed by atoms with van der Waals surface area (Å²) in [6.45, 7) is 2.71. The molecule has 0 fully saturated rings. The molecule has 5 heteroatoms. The van der Waals surface area contributed by atoms with Crippen LogP contribution in [-0.4, -0.2) is 17.6 Å². The molecule has 0 saturated carbocycles. The van der Waals surface area contributed by atoms with Crippen LogP contribution in [0.3, 0.4) is 0 Å². The van der Waals surface area contributed by atoms with Gasteiger partial charge in [-0.2, -0.15) is 0 Å². The van der Waals surface area contributed by atoms with Gasteiger partial charge in [0.15, 0.2) is 0 Å². The molecule has 2 rings (SSSR count). The zero-order valence-electron chi connectivity index (χ0n) is 13.2. The smallest absolute Gasteiger partial charge is 0.407 e. The number of rotatable bonds is 6. The van der Waals surface area contributed by atoms with Crippen LogP contribution in [0, 0.1) is 6.92 Å². The maximum absolute atomic E-state index is 11.6. The first-order valence-electron chi connectivity index (χ1n) is 7.49. The number of amides is 1. The molecule has 0 spiro atoms. The molecule has 5 nitrogen and oxygen atoms in total. The molecule has 0 aliphatic heterocycles. The van der Waals surface area contributed by atoms with Crippen molar-refractivity contribution in [2.45, 2.75) is 20.0 Å². The number of carbonyl (C=O) groups is 1. The standard InChI is InChI=1S/C18H21N3O2/c1-14-16(10-11-17(19)21-14)9-5-6-12-20-18(22)23-13-15-7-3-2-4-8-15/h2-5,7-11H,6,12-13H2,1H3,(H2,19,21)(H,20,22). The van der Waals surface area contributed by atoms with Gasteiger partial charge in [0.2, 0.25) is 0 Å². The number of nitrogens with one attached hydrogen (secondary N) is 1. The van der Waals surface area contributed by atoms with Crippen LogP contribution in [0.2, 0.25) is 0 Å². The lowest BCUT2D eigenvalue weighted by Gasteiger charge is -2.06. The maximum atomic E-state index is 11.6. The number of benzene rings is 1. The van der Waals surface area contributed by atoms with Crippen LogP contribution >= 0.6 is 0 Å². The average Bonchev–Trinajstić information content (AvgIpc) is 2.55. The van der Waals surface area contributed by atoms with E-state index in [1.807, 2.05) is 55.5 Å². The molecule has 0 unspecified atom stereocenters. The minimum absolute atomic E-state index is 0.277. The van der Waals surface area contributed by atoms with Crippen molar-refractivity contribution in [2.75, 3.05) is 12.3 Å². The molecule has 1 aromatic carbocycles. The predicted octanol–water partition coefficient (Wildman–Crippen LogP) is 3.30. The van der Waals surface area contributed by atoms with E-state index in [4.69, 9.17) is 10.5 Å². The van der Waals surface area contributed by atoms with E-state index in [0.717, 1.165) is 16.8 Å². The van der Waals surface area contributed by atoms with Crippen LogP contribution in [0.1, 0.15) is 23.2 Å². The van der Waals surface area contributed by atoms with Gasteiger partial charge < -0.3 is 15.8 Å². The molecule has 0 saturated heterocycles. The van der Waals surface area contributed by atoms with Crippen molar-refractivity contribution in [1.82, 2.24) is 10.3 Å². The van der Waals surface area contributed by atoms with Crippen LogP contribution in [0.25, 0.3) is 6.08 Å². The number of anilines is 1. The summed E-state index contributed by atoms with van der Waals surface area (Å²) in [4.78, 5) is 15.8. The summed E-state index contributed by atoms with van der Waals surface area (Å²) in [5.41, 5.74) is 8.48. The number of pyridine rings is 1. The fraction of sp³-hybridized carbons (Fsp3) is 0.222. The second-order valence-corrected chi connectivity index (χ2v) is 5.09. The lowest BCUT2D eigenvalue weighted by molar-refractivity contribution is 0.140. The van der Waals surface area contributed by atoms with Crippen molar-refractivity contribution in [2.24, 2.45) is 0 Å². The van der Waals surface area contributed by atoms with Gasteiger partial charge >= 0.3 is 6.09 Å². The number of aromatic nitrogens is 1. The molecule has 1 heterocycles. The van der Waals surface area contributed by atoms with Crippen molar-refractivity contribution >= 4 is 18.0 Å². The fourth-order valence-corrected chi connectivity index (χ4v) is 2.01. The minimum atomic E-state index is -0.410. The Morgan fingerprint density at radius 2 is 2.04 bits per heavy atom. The summed E-state index contributed by atoms with van der Waals surface area (Å²) in [6, 6.07) is 13.3. The van der Waals surface area contributed by atoms with Gasteiger partial charge in [-0.1, -0.05) is 42.5 Å². The molecule has 0 aliphatic carbocycles. The van der Waals surface area contributed by atoms with Crippen LogP contribution in [0.4, 0.5) is 10.6 Å². The first kappa shape index (κ1) is 16.5. The zero-order valence-corrected chi connectivity index (χ0v) is 13.2. The van der Waals surface area contributed by atoms with Gasteiger partial charge in [0.25, 0.3) is 0 Å². The third kappa shape index (κ3) is 5.82. The van der Waals surface area contributed by atoms with E-state index in [0.29, 0.717) is 18.8 Å². The summed E-state index contributed by atoms with van der Waals surface area (Å²) < 4.78 is 5.13. The Hall–Kier alpha value is -2.82. The monoisotopic (exact) mass is 311 g/mol. The van der Waals surface area contributed by atoms with Crippen LogP contribution in [0.15, 0.2) is 48.5 Å². The SMILES string of the molecule is Cc1nc(N)ccc1C=CCCNC(=O)OCc1ccccc1. The number of ether oxygens (including phenoxy) is 1. The Bertz CT molecular complexity index is 669. The number of carbonyl (C=O) groups excluding carboxylic acids is 1. The molecule has 1 amide bonds. The van der Waals surface area contributed by atoms with Crippen LogP contribution in [-0.2, 0) is 11.3 Å². The van der Waals surface area contributed by atoms with E-state index in [-0.39, 0.29) is 6.61 Å². The molecule has 1 aromatic heterocycles. The number of alkyl carbamates (subject to hydrolysis) is 1. The van der Waals surface area contributed by atoms with E-state index in [2.05, 4.69) is 10.3 Å². The van der Waals surface area contributed by atoms with Crippen LogP contribution < -0.4 is 11.1 Å². The van der Waals surface area contributed by atoms with E-state index >= 15 is 0 Å². The van der Waals surface area contributed by atoms with E-state index < -0.39 is 6.09 Å². The predicted molar refractivity (Wildman–Crippen MR) is 91.7 cm³/mol. The third-order valence-corrected chi connectivity index (χ3v) is 3.24. The molecule has 120 valence electrons. The third-order valence-electron chi connectivity index (χ3n) is 3.24. The van der Waals surface area contributed by atoms with Gasteiger partial charge in [-0.3, -0.25) is 0 Å². The minimum Gasteiger partial charge on any atom is -0.445 e.